The summed E-state index contributed by atoms with van der Waals surface area (Å²) in [6, 6.07) is 21.4. The molecule has 0 unspecified atom stereocenters. The SMILES string of the molecule is CC(C)Oc1ccccc1/C=C1/N=C(c2cccc3ccccc23)OC1=O. The number of esters is 1. The zero-order valence-corrected chi connectivity index (χ0v) is 15.2. The topological polar surface area (TPSA) is 47.9 Å². The van der Waals surface area contributed by atoms with Crippen molar-refractivity contribution in [2.24, 2.45) is 4.99 Å². The van der Waals surface area contributed by atoms with Crippen LogP contribution in [-0.4, -0.2) is 18.0 Å². The minimum atomic E-state index is -0.461. The first-order valence-electron chi connectivity index (χ1n) is 8.88. The molecule has 1 aliphatic rings. The molecule has 0 fully saturated rings. The van der Waals surface area contributed by atoms with Crippen LogP contribution < -0.4 is 4.74 Å². The third-order valence-electron chi connectivity index (χ3n) is 4.21. The van der Waals surface area contributed by atoms with Crippen LogP contribution in [0, 0.1) is 0 Å². The standard InChI is InChI=1S/C23H19NO3/c1-15(2)26-21-13-6-4-9-17(21)14-20-23(25)27-22(24-20)19-12-7-10-16-8-3-5-11-18(16)19/h3-15H,1-2H3/b20-14+. The third-order valence-corrected chi connectivity index (χ3v) is 4.21. The maximum atomic E-state index is 12.4. The van der Waals surface area contributed by atoms with E-state index in [-0.39, 0.29) is 11.8 Å². The molecule has 4 rings (SSSR count). The lowest BCUT2D eigenvalue weighted by atomic mass is 10.0. The second-order valence-electron chi connectivity index (χ2n) is 6.57. The van der Waals surface area contributed by atoms with Crippen LogP contribution in [0.25, 0.3) is 16.8 Å². The number of carbonyl (C=O) groups is 1. The highest BCUT2D eigenvalue weighted by Gasteiger charge is 2.25. The number of hydrogen-bond acceptors (Lipinski definition) is 4. The fourth-order valence-electron chi connectivity index (χ4n) is 3.04. The highest BCUT2D eigenvalue weighted by atomic mass is 16.6. The van der Waals surface area contributed by atoms with Crippen molar-refractivity contribution in [2.45, 2.75) is 20.0 Å². The van der Waals surface area contributed by atoms with Gasteiger partial charge in [-0.25, -0.2) is 9.79 Å². The number of nitrogens with zero attached hydrogens (tertiary/aromatic N) is 1. The van der Waals surface area contributed by atoms with Gasteiger partial charge in [0.2, 0.25) is 5.90 Å². The lowest BCUT2D eigenvalue weighted by Crippen LogP contribution is -2.07. The summed E-state index contributed by atoms with van der Waals surface area (Å²) in [4.78, 5) is 16.8. The van der Waals surface area contributed by atoms with Gasteiger partial charge in [-0.3, -0.25) is 0 Å². The van der Waals surface area contributed by atoms with Gasteiger partial charge in [0, 0.05) is 11.1 Å². The number of rotatable bonds is 4. The maximum absolute atomic E-state index is 12.4. The number of fused-ring (bicyclic) bond motifs is 1. The van der Waals surface area contributed by atoms with E-state index in [4.69, 9.17) is 9.47 Å². The Morgan fingerprint density at radius 3 is 2.56 bits per heavy atom. The molecule has 0 saturated heterocycles. The summed E-state index contributed by atoms with van der Waals surface area (Å²) in [7, 11) is 0. The van der Waals surface area contributed by atoms with Crippen molar-refractivity contribution in [3.63, 3.8) is 0 Å². The molecular formula is C23H19NO3. The molecule has 1 aliphatic heterocycles. The van der Waals surface area contributed by atoms with E-state index in [1.165, 1.54) is 0 Å². The number of para-hydroxylation sites is 1. The summed E-state index contributed by atoms with van der Waals surface area (Å²) in [5.74, 6) is 0.573. The Hall–Kier alpha value is -3.40. The average molecular weight is 357 g/mol. The highest BCUT2D eigenvalue weighted by molar-refractivity contribution is 6.17. The summed E-state index contributed by atoms with van der Waals surface area (Å²) >= 11 is 0. The van der Waals surface area contributed by atoms with E-state index < -0.39 is 5.97 Å². The van der Waals surface area contributed by atoms with Crippen LogP contribution >= 0.6 is 0 Å². The smallest absolute Gasteiger partial charge is 0.363 e. The van der Waals surface area contributed by atoms with Crippen LogP contribution in [0.4, 0.5) is 0 Å². The summed E-state index contributed by atoms with van der Waals surface area (Å²) in [6.07, 6.45) is 1.74. The second-order valence-corrected chi connectivity index (χ2v) is 6.57. The summed E-state index contributed by atoms with van der Waals surface area (Å²) in [5, 5.41) is 2.07. The monoisotopic (exact) mass is 357 g/mol. The largest absolute Gasteiger partial charge is 0.490 e. The molecule has 4 nitrogen and oxygen atoms in total. The normalized spacial score (nSPS) is 15.3. The Morgan fingerprint density at radius 2 is 1.70 bits per heavy atom. The van der Waals surface area contributed by atoms with E-state index in [1.54, 1.807) is 6.08 Å². The van der Waals surface area contributed by atoms with Gasteiger partial charge in [-0.15, -0.1) is 0 Å². The Bertz CT molecular complexity index is 1070. The Labute approximate surface area is 157 Å². The van der Waals surface area contributed by atoms with Gasteiger partial charge in [-0.1, -0.05) is 54.6 Å². The van der Waals surface area contributed by atoms with E-state index in [0.29, 0.717) is 11.6 Å². The maximum Gasteiger partial charge on any atom is 0.363 e. The molecule has 0 saturated carbocycles. The summed E-state index contributed by atoms with van der Waals surface area (Å²) < 4.78 is 11.3. The van der Waals surface area contributed by atoms with Crippen LogP contribution in [0.15, 0.2) is 77.4 Å². The van der Waals surface area contributed by atoms with Gasteiger partial charge in [-0.2, -0.15) is 0 Å². The van der Waals surface area contributed by atoms with E-state index in [9.17, 15) is 4.79 Å². The molecule has 1 heterocycles. The minimum absolute atomic E-state index is 0.0369. The molecule has 0 aromatic heterocycles. The molecule has 134 valence electrons. The van der Waals surface area contributed by atoms with Crippen molar-refractivity contribution in [1.82, 2.24) is 0 Å². The number of carbonyl (C=O) groups excluding carboxylic acids is 1. The molecule has 0 spiro atoms. The number of hydrogen-bond donors (Lipinski definition) is 0. The van der Waals surface area contributed by atoms with Crippen LogP contribution in [0.1, 0.15) is 25.0 Å². The molecule has 0 aliphatic carbocycles. The number of cyclic esters (lactones) is 1. The predicted molar refractivity (Wildman–Crippen MR) is 107 cm³/mol. The van der Waals surface area contributed by atoms with Crippen LogP contribution in [-0.2, 0) is 9.53 Å². The van der Waals surface area contributed by atoms with Crippen molar-refractivity contribution < 1.29 is 14.3 Å². The van der Waals surface area contributed by atoms with Gasteiger partial charge >= 0.3 is 5.97 Å². The second kappa shape index (κ2) is 7.08. The van der Waals surface area contributed by atoms with E-state index in [2.05, 4.69) is 4.99 Å². The number of ether oxygens (including phenoxy) is 2. The molecule has 0 amide bonds. The number of aliphatic imine (C=N–C) groups is 1. The first-order chi connectivity index (χ1) is 13.1. The fourth-order valence-corrected chi connectivity index (χ4v) is 3.04. The zero-order chi connectivity index (χ0) is 18.8. The van der Waals surface area contributed by atoms with Gasteiger partial charge in [0.15, 0.2) is 5.70 Å². The molecule has 0 N–H and O–H groups in total. The van der Waals surface area contributed by atoms with Crippen molar-refractivity contribution in [3.8, 4) is 5.75 Å². The third kappa shape index (κ3) is 3.47. The molecule has 0 bridgehead atoms. The van der Waals surface area contributed by atoms with Crippen molar-refractivity contribution in [3.05, 3.63) is 83.6 Å². The summed E-state index contributed by atoms with van der Waals surface area (Å²) in [6.45, 7) is 3.93. The van der Waals surface area contributed by atoms with Crippen molar-refractivity contribution in [2.75, 3.05) is 0 Å². The van der Waals surface area contributed by atoms with Crippen LogP contribution in [0.2, 0.25) is 0 Å². The van der Waals surface area contributed by atoms with Gasteiger partial charge < -0.3 is 9.47 Å². The predicted octanol–water partition coefficient (Wildman–Crippen LogP) is 4.97. The number of benzene rings is 3. The molecule has 3 aromatic carbocycles. The van der Waals surface area contributed by atoms with E-state index in [1.807, 2.05) is 80.6 Å². The summed E-state index contributed by atoms with van der Waals surface area (Å²) in [5.41, 5.74) is 1.86. The lowest BCUT2D eigenvalue weighted by Gasteiger charge is -2.12. The van der Waals surface area contributed by atoms with Gasteiger partial charge in [0.25, 0.3) is 0 Å². The van der Waals surface area contributed by atoms with Crippen molar-refractivity contribution in [1.29, 1.82) is 0 Å². The van der Waals surface area contributed by atoms with Crippen LogP contribution in [0.5, 0.6) is 5.75 Å². The highest BCUT2D eigenvalue weighted by Crippen LogP contribution is 2.27. The Morgan fingerprint density at radius 1 is 0.963 bits per heavy atom. The first kappa shape index (κ1) is 17.0. The van der Waals surface area contributed by atoms with Gasteiger partial charge in [0.05, 0.1) is 6.10 Å². The lowest BCUT2D eigenvalue weighted by molar-refractivity contribution is -0.129. The quantitative estimate of drug-likeness (QED) is 0.489. The average Bonchev–Trinajstić information content (AvgIpc) is 3.03. The van der Waals surface area contributed by atoms with Gasteiger partial charge in [-0.05, 0) is 42.8 Å². The fraction of sp³-hybridized carbons (Fsp3) is 0.130. The molecule has 0 atom stereocenters. The van der Waals surface area contributed by atoms with E-state index in [0.717, 1.165) is 21.9 Å². The Balaban J connectivity index is 1.75. The molecule has 3 aromatic rings. The molecule has 4 heteroatoms. The Kier molecular flexibility index (Phi) is 4.47. The minimum Gasteiger partial charge on any atom is -0.490 e. The van der Waals surface area contributed by atoms with Crippen molar-refractivity contribution >= 4 is 28.7 Å². The molecule has 0 radical (unpaired) electrons. The zero-order valence-electron chi connectivity index (χ0n) is 15.2. The van der Waals surface area contributed by atoms with Gasteiger partial charge in [0.1, 0.15) is 5.75 Å². The molecule has 27 heavy (non-hydrogen) atoms. The van der Waals surface area contributed by atoms with E-state index >= 15 is 0 Å². The van der Waals surface area contributed by atoms with Crippen LogP contribution in [0.3, 0.4) is 0 Å². The first-order valence-corrected chi connectivity index (χ1v) is 8.88. The molecular weight excluding hydrogens is 338 g/mol.